The van der Waals surface area contributed by atoms with Gasteiger partial charge in [0.15, 0.2) is 0 Å². The molecule has 6 nitrogen and oxygen atoms in total. The van der Waals surface area contributed by atoms with Crippen LogP contribution < -0.4 is 5.32 Å². The fourth-order valence-corrected chi connectivity index (χ4v) is 2.63. The van der Waals surface area contributed by atoms with E-state index in [1.54, 1.807) is 24.0 Å². The van der Waals surface area contributed by atoms with Gasteiger partial charge in [-0.2, -0.15) is 5.10 Å². The van der Waals surface area contributed by atoms with E-state index in [0.717, 1.165) is 24.4 Å². The number of hydrogen-bond acceptors (Lipinski definition) is 3. The SMILES string of the molecule is CCC(C)CCCC(NC(=O)c1ccnn1C)c1cnc(C)[nH]1. The van der Waals surface area contributed by atoms with Crippen LogP contribution in [0.2, 0.25) is 0 Å². The Morgan fingerprint density at radius 3 is 2.78 bits per heavy atom. The molecule has 0 bridgehead atoms. The van der Waals surface area contributed by atoms with Crippen molar-refractivity contribution in [2.75, 3.05) is 0 Å². The lowest BCUT2D eigenvalue weighted by Crippen LogP contribution is -2.30. The van der Waals surface area contributed by atoms with Crippen LogP contribution in [0, 0.1) is 12.8 Å². The second-order valence-electron chi connectivity index (χ2n) is 6.23. The van der Waals surface area contributed by atoms with Gasteiger partial charge in [0.2, 0.25) is 0 Å². The van der Waals surface area contributed by atoms with Crippen molar-refractivity contribution in [3.8, 4) is 0 Å². The van der Waals surface area contributed by atoms with Gasteiger partial charge in [-0.25, -0.2) is 4.98 Å². The van der Waals surface area contributed by atoms with Crippen molar-refractivity contribution in [1.82, 2.24) is 25.1 Å². The van der Waals surface area contributed by atoms with Crippen LogP contribution in [-0.4, -0.2) is 25.7 Å². The van der Waals surface area contributed by atoms with E-state index < -0.39 is 0 Å². The topological polar surface area (TPSA) is 75.6 Å². The zero-order valence-electron chi connectivity index (χ0n) is 14.5. The molecule has 0 saturated heterocycles. The van der Waals surface area contributed by atoms with Gasteiger partial charge in [-0.1, -0.05) is 33.1 Å². The van der Waals surface area contributed by atoms with Gasteiger partial charge in [-0.3, -0.25) is 9.48 Å². The van der Waals surface area contributed by atoms with Gasteiger partial charge in [0.05, 0.1) is 17.9 Å². The Balaban J connectivity index is 2.04. The maximum absolute atomic E-state index is 12.5. The number of nitrogens with one attached hydrogen (secondary N) is 2. The Kier molecular flexibility index (Phi) is 5.96. The first kappa shape index (κ1) is 17.2. The normalized spacial score (nSPS) is 13.7. The molecule has 0 aromatic carbocycles. The van der Waals surface area contributed by atoms with E-state index >= 15 is 0 Å². The molecule has 0 aliphatic rings. The molecule has 2 N–H and O–H groups in total. The maximum Gasteiger partial charge on any atom is 0.270 e. The first-order valence-electron chi connectivity index (χ1n) is 8.31. The van der Waals surface area contributed by atoms with Crippen molar-refractivity contribution in [1.29, 1.82) is 0 Å². The number of rotatable bonds is 8. The molecule has 126 valence electrons. The molecule has 2 atom stereocenters. The van der Waals surface area contributed by atoms with Crippen LogP contribution in [0.3, 0.4) is 0 Å². The first-order valence-corrected chi connectivity index (χ1v) is 8.31. The van der Waals surface area contributed by atoms with Gasteiger partial charge in [0.1, 0.15) is 11.5 Å². The highest BCUT2D eigenvalue weighted by Gasteiger charge is 2.19. The van der Waals surface area contributed by atoms with Crippen LogP contribution >= 0.6 is 0 Å². The summed E-state index contributed by atoms with van der Waals surface area (Å²) in [5.74, 6) is 1.47. The van der Waals surface area contributed by atoms with E-state index in [0.29, 0.717) is 11.6 Å². The van der Waals surface area contributed by atoms with Gasteiger partial charge in [0, 0.05) is 13.2 Å². The Bertz CT molecular complexity index is 630. The van der Waals surface area contributed by atoms with Gasteiger partial charge >= 0.3 is 0 Å². The van der Waals surface area contributed by atoms with Gasteiger partial charge in [-0.05, 0) is 25.3 Å². The molecule has 2 aromatic heterocycles. The quantitative estimate of drug-likeness (QED) is 0.785. The lowest BCUT2D eigenvalue weighted by atomic mass is 9.98. The van der Waals surface area contributed by atoms with Gasteiger partial charge in [-0.15, -0.1) is 0 Å². The summed E-state index contributed by atoms with van der Waals surface area (Å²) in [6.07, 6.45) is 7.77. The number of aryl methyl sites for hydroxylation is 2. The molecule has 2 unspecified atom stereocenters. The van der Waals surface area contributed by atoms with E-state index in [1.807, 2.05) is 13.1 Å². The maximum atomic E-state index is 12.5. The fraction of sp³-hybridized carbons (Fsp3) is 0.588. The summed E-state index contributed by atoms with van der Waals surface area (Å²) in [4.78, 5) is 20.0. The minimum atomic E-state index is -0.106. The standard InChI is InChI=1S/C17H27N5O/c1-5-12(2)7-6-8-14(15-11-18-13(3)20-15)21-17(23)16-9-10-19-22(16)4/h9-12,14H,5-8H2,1-4H3,(H,18,20)(H,21,23). The van der Waals surface area contributed by atoms with E-state index in [2.05, 4.69) is 34.2 Å². The molecule has 1 amide bonds. The minimum absolute atomic E-state index is 0.0531. The monoisotopic (exact) mass is 317 g/mol. The zero-order valence-corrected chi connectivity index (χ0v) is 14.5. The lowest BCUT2D eigenvalue weighted by molar-refractivity contribution is 0.0923. The second-order valence-corrected chi connectivity index (χ2v) is 6.23. The summed E-state index contributed by atoms with van der Waals surface area (Å²) in [7, 11) is 1.77. The summed E-state index contributed by atoms with van der Waals surface area (Å²) < 4.78 is 1.59. The number of aromatic amines is 1. The third-order valence-electron chi connectivity index (χ3n) is 4.34. The number of imidazole rings is 1. The van der Waals surface area contributed by atoms with E-state index in [9.17, 15) is 4.79 Å². The Hall–Kier alpha value is -2.11. The number of nitrogens with zero attached hydrogens (tertiary/aromatic N) is 3. The molecule has 0 saturated carbocycles. The number of carbonyl (C=O) groups excluding carboxylic acids is 1. The summed E-state index contributed by atoms with van der Waals surface area (Å²) >= 11 is 0. The van der Waals surface area contributed by atoms with Crippen LogP contribution in [0.4, 0.5) is 0 Å². The number of carbonyl (C=O) groups is 1. The molecular formula is C17H27N5O. The highest BCUT2D eigenvalue weighted by molar-refractivity contribution is 5.92. The molecule has 2 aromatic rings. The summed E-state index contributed by atoms with van der Waals surface area (Å²) in [6.45, 7) is 6.40. The Morgan fingerprint density at radius 2 is 2.22 bits per heavy atom. The molecule has 0 fully saturated rings. The molecule has 0 radical (unpaired) electrons. The molecular weight excluding hydrogens is 290 g/mol. The second kappa shape index (κ2) is 7.94. The first-order chi connectivity index (χ1) is 11.0. The van der Waals surface area contributed by atoms with Crippen LogP contribution in [0.1, 0.15) is 67.6 Å². The van der Waals surface area contributed by atoms with E-state index in [4.69, 9.17) is 0 Å². The predicted octanol–water partition coefficient (Wildman–Crippen LogP) is 3.14. The van der Waals surface area contributed by atoms with Crippen molar-refractivity contribution < 1.29 is 4.79 Å². The molecule has 0 aliphatic heterocycles. The third-order valence-corrected chi connectivity index (χ3v) is 4.34. The average Bonchev–Trinajstić information content (AvgIpc) is 3.14. The minimum Gasteiger partial charge on any atom is -0.344 e. The summed E-state index contributed by atoms with van der Waals surface area (Å²) in [5.41, 5.74) is 1.52. The summed E-state index contributed by atoms with van der Waals surface area (Å²) in [6, 6.07) is 1.67. The van der Waals surface area contributed by atoms with E-state index in [-0.39, 0.29) is 11.9 Å². The number of amides is 1. The smallest absolute Gasteiger partial charge is 0.270 e. The molecule has 2 heterocycles. The number of H-pyrrole nitrogens is 1. The van der Waals surface area contributed by atoms with Crippen LogP contribution in [0.25, 0.3) is 0 Å². The zero-order chi connectivity index (χ0) is 16.8. The van der Waals surface area contributed by atoms with E-state index in [1.165, 1.54) is 12.8 Å². The lowest BCUT2D eigenvalue weighted by Gasteiger charge is -2.18. The molecule has 6 heteroatoms. The molecule has 0 spiro atoms. The highest BCUT2D eigenvalue weighted by atomic mass is 16.2. The van der Waals surface area contributed by atoms with Crippen LogP contribution in [0.15, 0.2) is 18.5 Å². The van der Waals surface area contributed by atoms with Crippen molar-refractivity contribution in [2.24, 2.45) is 13.0 Å². The summed E-state index contributed by atoms with van der Waals surface area (Å²) in [5, 5.41) is 7.16. The van der Waals surface area contributed by atoms with Gasteiger partial charge < -0.3 is 10.3 Å². The largest absolute Gasteiger partial charge is 0.344 e. The Labute approximate surface area is 137 Å². The highest BCUT2D eigenvalue weighted by Crippen LogP contribution is 2.21. The van der Waals surface area contributed by atoms with Crippen molar-refractivity contribution in [2.45, 2.75) is 52.5 Å². The average molecular weight is 317 g/mol. The van der Waals surface area contributed by atoms with Crippen molar-refractivity contribution in [3.63, 3.8) is 0 Å². The number of aromatic nitrogens is 4. The molecule has 23 heavy (non-hydrogen) atoms. The number of hydrogen-bond donors (Lipinski definition) is 2. The fourth-order valence-electron chi connectivity index (χ4n) is 2.63. The van der Waals surface area contributed by atoms with Gasteiger partial charge in [0.25, 0.3) is 5.91 Å². The molecule has 0 aliphatic carbocycles. The van der Waals surface area contributed by atoms with Crippen molar-refractivity contribution in [3.05, 3.63) is 35.7 Å². The molecule has 2 rings (SSSR count). The van der Waals surface area contributed by atoms with Crippen LogP contribution in [-0.2, 0) is 7.05 Å². The third kappa shape index (κ3) is 4.68. The van der Waals surface area contributed by atoms with Crippen molar-refractivity contribution >= 4 is 5.91 Å². The Morgan fingerprint density at radius 1 is 1.43 bits per heavy atom. The predicted molar refractivity (Wildman–Crippen MR) is 90.0 cm³/mol. The van der Waals surface area contributed by atoms with Crippen LogP contribution in [0.5, 0.6) is 0 Å².